The molecule has 0 aliphatic heterocycles. The first-order chi connectivity index (χ1) is 13.0. The van der Waals surface area contributed by atoms with E-state index in [1.165, 1.54) is 23.1 Å². The summed E-state index contributed by atoms with van der Waals surface area (Å²) in [5.41, 5.74) is 2.45. The number of hydrogen-bond acceptors (Lipinski definition) is 7. The van der Waals surface area contributed by atoms with E-state index < -0.39 is 0 Å². The lowest BCUT2D eigenvalue weighted by molar-refractivity contribution is -0.113. The second-order valence-electron chi connectivity index (χ2n) is 5.48. The fourth-order valence-electron chi connectivity index (χ4n) is 2.17. The van der Waals surface area contributed by atoms with E-state index in [1.807, 2.05) is 37.3 Å². The number of aromatic nitrogens is 2. The molecule has 0 radical (unpaired) electrons. The van der Waals surface area contributed by atoms with Gasteiger partial charge < -0.3 is 15.4 Å². The molecule has 3 rings (SSSR count). The topological polar surface area (TPSA) is 76.1 Å². The average Bonchev–Trinajstić information content (AvgIpc) is 3.12. The number of anilines is 3. The molecule has 27 heavy (non-hydrogen) atoms. The Morgan fingerprint density at radius 3 is 2.74 bits per heavy atom. The van der Waals surface area contributed by atoms with Gasteiger partial charge in [-0.3, -0.25) is 4.79 Å². The first-order valence-electron chi connectivity index (χ1n) is 7.97. The summed E-state index contributed by atoms with van der Waals surface area (Å²) in [6, 6.07) is 12.9. The average molecular weight is 421 g/mol. The summed E-state index contributed by atoms with van der Waals surface area (Å²) in [5, 5.41) is 15.5. The summed E-state index contributed by atoms with van der Waals surface area (Å²) in [6.45, 7) is 1.87. The fourth-order valence-corrected chi connectivity index (χ4v) is 3.92. The van der Waals surface area contributed by atoms with Gasteiger partial charge in [-0.25, -0.2) is 0 Å². The van der Waals surface area contributed by atoms with Gasteiger partial charge in [-0.15, -0.1) is 10.2 Å². The summed E-state index contributed by atoms with van der Waals surface area (Å²) in [5.74, 6) is 0.906. The van der Waals surface area contributed by atoms with Crippen molar-refractivity contribution in [1.29, 1.82) is 0 Å². The molecule has 3 aromatic rings. The number of carbonyl (C=O) groups excluding carboxylic acids is 1. The molecular weight excluding hydrogens is 404 g/mol. The van der Waals surface area contributed by atoms with Crippen molar-refractivity contribution in [2.75, 3.05) is 23.5 Å². The first kappa shape index (κ1) is 19.5. The predicted molar refractivity (Wildman–Crippen MR) is 112 cm³/mol. The van der Waals surface area contributed by atoms with E-state index in [1.54, 1.807) is 19.2 Å². The standard InChI is InChI=1S/C18H17ClN4O2S2/c1-11-14(19)4-3-5-15(11)21-16(24)10-26-18-23-22-17(27-18)20-12-6-8-13(25-2)9-7-12/h3-9H,10H2,1-2H3,(H,20,22)(H,21,24). The minimum atomic E-state index is -0.120. The normalized spacial score (nSPS) is 10.5. The lowest BCUT2D eigenvalue weighted by Crippen LogP contribution is -2.14. The number of halogens is 1. The Hall–Kier alpha value is -2.29. The minimum Gasteiger partial charge on any atom is -0.497 e. The highest BCUT2D eigenvalue weighted by Crippen LogP contribution is 2.29. The molecule has 0 aliphatic rings. The van der Waals surface area contributed by atoms with Crippen molar-refractivity contribution in [1.82, 2.24) is 10.2 Å². The molecule has 0 fully saturated rings. The zero-order valence-electron chi connectivity index (χ0n) is 14.7. The van der Waals surface area contributed by atoms with Crippen LogP contribution in [0.15, 0.2) is 46.8 Å². The van der Waals surface area contributed by atoms with E-state index in [0.717, 1.165) is 17.0 Å². The second kappa shape index (κ2) is 9.07. The third-order valence-corrected chi connectivity index (χ3v) is 6.00. The molecule has 2 N–H and O–H groups in total. The van der Waals surface area contributed by atoms with Crippen molar-refractivity contribution in [3.63, 3.8) is 0 Å². The number of methoxy groups -OCH3 is 1. The number of carbonyl (C=O) groups is 1. The molecule has 0 bridgehead atoms. The number of amides is 1. The van der Waals surface area contributed by atoms with Crippen LogP contribution >= 0.6 is 34.7 Å². The molecule has 0 unspecified atom stereocenters. The Morgan fingerprint density at radius 1 is 1.22 bits per heavy atom. The molecule has 1 amide bonds. The largest absolute Gasteiger partial charge is 0.497 e. The van der Waals surface area contributed by atoms with Gasteiger partial charge in [-0.05, 0) is 48.9 Å². The van der Waals surface area contributed by atoms with Crippen LogP contribution in [0, 0.1) is 6.92 Å². The number of rotatable bonds is 7. The zero-order valence-corrected chi connectivity index (χ0v) is 17.0. The van der Waals surface area contributed by atoms with E-state index in [-0.39, 0.29) is 11.7 Å². The van der Waals surface area contributed by atoms with E-state index in [4.69, 9.17) is 16.3 Å². The number of benzene rings is 2. The number of hydrogen-bond donors (Lipinski definition) is 2. The van der Waals surface area contributed by atoms with Crippen LogP contribution in [0.3, 0.4) is 0 Å². The third-order valence-electron chi connectivity index (χ3n) is 3.62. The van der Waals surface area contributed by atoms with Crippen molar-refractivity contribution in [2.24, 2.45) is 0 Å². The summed E-state index contributed by atoms with van der Waals surface area (Å²) in [7, 11) is 1.63. The maximum absolute atomic E-state index is 12.2. The molecule has 0 saturated carbocycles. The van der Waals surface area contributed by atoms with Gasteiger partial charge in [-0.2, -0.15) is 0 Å². The van der Waals surface area contributed by atoms with E-state index >= 15 is 0 Å². The SMILES string of the molecule is COc1ccc(Nc2nnc(SCC(=O)Nc3cccc(Cl)c3C)s2)cc1. The number of thioether (sulfide) groups is 1. The Morgan fingerprint density at radius 2 is 2.00 bits per heavy atom. The van der Waals surface area contributed by atoms with Crippen molar-refractivity contribution >= 4 is 57.1 Å². The van der Waals surface area contributed by atoms with Gasteiger partial charge in [0, 0.05) is 16.4 Å². The van der Waals surface area contributed by atoms with Gasteiger partial charge >= 0.3 is 0 Å². The Bertz CT molecular complexity index is 931. The molecular formula is C18H17ClN4O2S2. The highest BCUT2D eigenvalue weighted by molar-refractivity contribution is 8.01. The second-order valence-corrected chi connectivity index (χ2v) is 8.08. The van der Waals surface area contributed by atoms with Crippen molar-refractivity contribution < 1.29 is 9.53 Å². The van der Waals surface area contributed by atoms with E-state index in [2.05, 4.69) is 20.8 Å². The molecule has 0 aliphatic carbocycles. The predicted octanol–water partition coefficient (Wildman–Crippen LogP) is 4.98. The fraction of sp³-hybridized carbons (Fsp3) is 0.167. The van der Waals surface area contributed by atoms with Crippen LogP contribution in [0.1, 0.15) is 5.56 Å². The summed E-state index contributed by atoms with van der Waals surface area (Å²) >= 11 is 8.79. The molecule has 1 aromatic heterocycles. The van der Waals surface area contributed by atoms with Gasteiger partial charge in [0.15, 0.2) is 4.34 Å². The lowest BCUT2D eigenvalue weighted by Gasteiger charge is -2.08. The van der Waals surface area contributed by atoms with Gasteiger partial charge in [0.1, 0.15) is 5.75 Å². The van der Waals surface area contributed by atoms with Gasteiger partial charge in [0.25, 0.3) is 0 Å². The lowest BCUT2D eigenvalue weighted by atomic mass is 10.2. The molecule has 2 aromatic carbocycles. The van der Waals surface area contributed by atoms with Gasteiger partial charge in [-0.1, -0.05) is 40.8 Å². The maximum atomic E-state index is 12.2. The quantitative estimate of drug-likeness (QED) is 0.525. The van der Waals surface area contributed by atoms with Crippen LogP contribution in [0.4, 0.5) is 16.5 Å². The zero-order chi connectivity index (χ0) is 19.2. The maximum Gasteiger partial charge on any atom is 0.234 e. The molecule has 9 heteroatoms. The monoisotopic (exact) mass is 420 g/mol. The summed E-state index contributed by atoms with van der Waals surface area (Å²) < 4.78 is 5.84. The molecule has 0 atom stereocenters. The van der Waals surface area contributed by atoms with Gasteiger partial charge in [0.2, 0.25) is 11.0 Å². The Kier molecular flexibility index (Phi) is 6.54. The van der Waals surface area contributed by atoms with E-state index in [9.17, 15) is 4.79 Å². The van der Waals surface area contributed by atoms with Gasteiger partial charge in [0.05, 0.1) is 12.9 Å². The first-order valence-corrected chi connectivity index (χ1v) is 10.2. The number of nitrogens with one attached hydrogen (secondary N) is 2. The molecule has 1 heterocycles. The molecule has 140 valence electrons. The van der Waals surface area contributed by atoms with Crippen LogP contribution in [-0.2, 0) is 4.79 Å². The Balaban J connectivity index is 1.52. The summed E-state index contributed by atoms with van der Waals surface area (Å²) in [4.78, 5) is 12.2. The van der Waals surface area contributed by atoms with Crippen LogP contribution < -0.4 is 15.4 Å². The summed E-state index contributed by atoms with van der Waals surface area (Å²) in [6.07, 6.45) is 0. The van der Waals surface area contributed by atoms with Crippen molar-refractivity contribution in [3.05, 3.63) is 53.1 Å². The van der Waals surface area contributed by atoms with Crippen LogP contribution in [0.2, 0.25) is 5.02 Å². The number of nitrogens with zero attached hydrogens (tertiary/aromatic N) is 2. The minimum absolute atomic E-state index is 0.120. The molecule has 0 saturated heterocycles. The van der Waals surface area contributed by atoms with E-state index in [0.29, 0.717) is 20.2 Å². The highest BCUT2D eigenvalue weighted by atomic mass is 35.5. The van der Waals surface area contributed by atoms with Crippen molar-refractivity contribution in [2.45, 2.75) is 11.3 Å². The third kappa shape index (κ3) is 5.35. The number of ether oxygens (including phenoxy) is 1. The highest BCUT2D eigenvalue weighted by Gasteiger charge is 2.10. The van der Waals surface area contributed by atoms with Crippen LogP contribution in [-0.4, -0.2) is 29.0 Å². The van der Waals surface area contributed by atoms with Crippen molar-refractivity contribution in [3.8, 4) is 5.75 Å². The van der Waals surface area contributed by atoms with Crippen LogP contribution in [0.25, 0.3) is 0 Å². The molecule has 6 nitrogen and oxygen atoms in total. The molecule has 0 spiro atoms. The Labute approximate surface area is 170 Å². The smallest absolute Gasteiger partial charge is 0.234 e. The van der Waals surface area contributed by atoms with Crippen LogP contribution in [0.5, 0.6) is 5.75 Å².